The van der Waals surface area contributed by atoms with Crippen LogP contribution in [0.4, 0.5) is 0 Å². The van der Waals surface area contributed by atoms with E-state index in [1.54, 1.807) is 23.5 Å². The van der Waals surface area contributed by atoms with E-state index in [0.717, 1.165) is 0 Å². The summed E-state index contributed by atoms with van der Waals surface area (Å²) in [5.74, 6) is 0.472. The number of morpholine rings is 1. The van der Waals surface area contributed by atoms with Crippen molar-refractivity contribution in [3.63, 3.8) is 0 Å². The van der Waals surface area contributed by atoms with E-state index in [1.165, 1.54) is 17.4 Å². The fourth-order valence-electron chi connectivity index (χ4n) is 2.26. The average molecular weight is 306 g/mol. The second-order valence-electron chi connectivity index (χ2n) is 4.73. The van der Waals surface area contributed by atoms with Crippen LogP contribution in [0.3, 0.4) is 0 Å². The molecular formula is C13H14N4O3S. The molecule has 21 heavy (non-hydrogen) atoms. The van der Waals surface area contributed by atoms with Crippen LogP contribution < -0.4 is 5.56 Å². The van der Waals surface area contributed by atoms with Gasteiger partial charge in [0, 0.05) is 12.6 Å². The molecule has 1 N–H and O–H groups in total. The second kappa shape index (κ2) is 5.74. The van der Waals surface area contributed by atoms with Crippen LogP contribution >= 0.6 is 11.3 Å². The van der Waals surface area contributed by atoms with Crippen LogP contribution in [-0.2, 0) is 4.74 Å². The predicted molar refractivity (Wildman–Crippen MR) is 76.3 cm³/mol. The van der Waals surface area contributed by atoms with Crippen molar-refractivity contribution in [2.45, 2.75) is 13.0 Å². The summed E-state index contributed by atoms with van der Waals surface area (Å²) in [6.07, 6.45) is 1.18. The van der Waals surface area contributed by atoms with Crippen molar-refractivity contribution < 1.29 is 9.53 Å². The van der Waals surface area contributed by atoms with Gasteiger partial charge in [-0.25, -0.2) is 4.98 Å². The molecule has 0 spiro atoms. The van der Waals surface area contributed by atoms with E-state index in [1.807, 2.05) is 0 Å². The molecule has 1 atom stereocenters. The number of rotatable bonds is 2. The first kappa shape index (κ1) is 13.9. The standard InChI is InChI=1S/C13H14N4O3S/c1-8-15-9(4-12(18)16-8)10-6-17(2-3-20-10)13(19)11-5-14-7-21-11/h4-5,7,10H,2-3,6H2,1H3,(H,15,16,18)/t10-/m0/s1. The zero-order chi connectivity index (χ0) is 14.8. The molecule has 0 saturated carbocycles. The Morgan fingerprint density at radius 3 is 3.14 bits per heavy atom. The maximum Gasteiger partial charge on any atom is 0.265 e. The van der Waals surface area contributed by atoms with Gasteiger partial charge in [-0.05, 0) is 6.92 Å². The summed E-state index contributed by atoms with van der Waals surface area (Å²) in [5.41, 5.74) is 1.97. The van der Waals surface area contributed by atoms with Gasteiger partial charge in [0.25, 0.3) is 11.5 Å². The van der Waals surface area contributed by atoms with Gasteiger partial charge in [-0.2, -0.15) is 0 Å². The number of carbonyl (C=O) groups is 1. The number of ether oxygens (including phenoxy) is 1. The molecule has 0 aromatic carbocycles. The number of nitrogens with one attached hydrogen (secondary N) is 1. The van der Waals surface area contributed by atoms with Crippen LogP contribution in [0.15, 0.2) is 22.6 Å². The van der Waals surface area contributed by atoms with E-state index in [9.17, 15) is 9.59 Å². The average Bonchev–Trinajstić information content (AvgIpc) is 3.00. The highest BCUT2D eigenvalue weighted by Gasteiger charge is 2.27. The van der Waals surface area contributed by atoms with Gasteiger partial charge in [0.15, 0.2) is 0 Å². The molecule has 8 heteroatoms. The van der Waals surface area contributed by atoms with Gasteiger partial charge in [-0.15, -0.1) is 11.3 Å². The Kier molecular flexibility index (Phi) is 3.80. The van der Waals surface area contributed by atoms with E-state index in [0.29, 0.717) is 36.1 Å². The number of amides is 1. The van der Waals surface area contributed by atoms with Crippen molar-refractivity contribution in [3.8, 4) is 0 Å². The number of carbonyl (C=O) groups excluding carboxylic acids is 1. The largest absolute Gasteiger partial charge is 0.368 e. The number of thiazole rings is 1. The third-order valence-corrected chi connectivity index (χ3v) is 3.97. The Balaban J connectivity index is 1.79. The zero-order valence-corrected chi connectivity index (χ0v) is 12.2. The quantitative estimate of drug-likeness (QED) is 0.884. The molecule has 3 rings (SSSR count). The lowest BCUT2D eigenvalue weighted by Gasteiger charge is -2.32. The van der Waals surface area contributed by atoms with Gasteiger partial charge in [-0.1, -0.05) is 0 Å². The number of aryl methyl sites for hydroxylation is 1. The Morgan fingerprint density at radius 1 is 1.57 bits per heavy atom. The van der Waals surface area contributed by atoms with Gasteiger partial charge < -0.3 is 14.6 Å². The Hall–Kier alpha value is -2.06. The van der Waals surface area contributed by atoms with E-state index in [2.05, 4.69) is 15.0 Å². The van der Waals surface area contributed by atoms with Gasteiger partial charge in [0.1, 0.15) is 16.8 Å². The monoisotopic (exact) mass is 306 g/mol. The molecule has 1 aliphatic rings. The summed E-state index contributed by atoms with van der Waals surface area (Å²) < 4.78 is 5.65. The van der Waals surface area contributed by atoms with Crippen molar-refractivity contribution in [1.82, 2.24) is 19.9 Å². The van der Waals surface area contributed by atoms with Crippen LogP contribution in [0.1, 0.15) is 27.3 Å². The highest BCUT2D eigenvalue weighted by molar-refractivity contribution is 7.11. The summed E-state index contributed by atoms with van der Waals surface area (Å²) in [7, 11) is 0. The molecule has 0 unspecified atom stereocenters. The molecule has 1 fully saturated rings. The van der Waals surface area contributed by atoms with E-state index in [-0.39, 0.29) is 17.6 Å². The lowest BCUT2D eigenvalue weighted by Crippen LogP contribution is -2.42. The summed E-state index contributed by atoms with van der Waals surface area (Å²) in [4.78, 5) is 37.0. The smallest absolute Gasteiger partial charge is 0.265 e. The first-order chi connectivity index (χ1) is 10.1. The third kappa shape index (κ3) is 3.01. The molecule has 0 bridgehead atoms. The minimum absolute atomic E-state index is 0.0626. The normalized spacial score (nSPS) is 18.7. The number of aromatic amines is 1. The van der Waals surface area contributed by atoms with Gasteiger partial charge in [0.2, 0.25) is 0 Å². The molecule has 1 amide bonds. The molecule has 0 aliphatic carbocycles. The lowest BCUT2D eigenvalue weighted by molar-refractivity contribution is -0.0247. The summed E-state index contributed by atoms with van der Waals surface area (Å²) >= 11 is 1.31. The Morgan fingerprint density at radius 2 is 2.43 bits per heavy atom. The summed E-state index contributed by atoms with van der Waals surface area (Å²) in [5, 5.41) is 0. The van der Waals surface area contributed by atoms with Crippen molar-refractivity contribution in [2.24, 2.45) is 0 Å². The molecule has 110 valence electrons. The van der Waals surface area contributed by atoms with Crippen LogP contribution in [0.25, 0.3) is 0 Å². The number of H-pyrrole nitrogens is 1. The first-order valence-electron chi connectivity index (χ1n) is 6.51. The number of hydrogen-bond donors (Lipinski definition) is 1. The van der Waals surface area contributed by atoms with Gasteiger partial charge >= 0.3 is 0 Å². The molecule has 1 aliphatic heterocycles. The van der Waals surface area contributed by atoms with Crippen molar-refractivity contribution in [1.29, 1.82) is 0 Å². The van der Waals surface area contributed by atoms with Crippen LogP contribution in [0.2, 0.25) is 0 Å². The fraction of sp³-hybridized carbons (Fsp3) is 0.385. The molecular weight excluding hydrogens is 292 g/mol. The topological polar surface area (TPSA) is 88.2 Å². The maximum atomic E-state index is 12.3. The number of nitrogens with zero attached hydrogens (tertiary/aromatic N) is 3. The molecule has 0 radical (unpaired) electrons. The minimum Gasteiger partial charge on any atom is -0.368 e. The zero-order valence-electron chi connectivity index (χ0n) is 11.4. The maximum absolute atomic E-state index is 12.3. The van der Waals surface area contributed by atoms with E-state index < -0.39 is 0 Å². The van der Waals surface area contributed by atoms with Crippen molar-refractivity contribution in [2.75, 3.05) is 19.7 Å². The number of aromatic nitrogens is 3. The van der Waals surface area contributed by atoms with Crippen molar-refractivity contribution in [3.05, 3.63) is 44.5 Å². The van der Waals surface area contributed by atoms with Crippen molar-refractivity contribution >= 4 is 17.2 Å². The highest BCUT2D eigenvalue weighted by Crippen LogP contribution is 2.21. The molecule has 7 nitrogen and oxygen atoms in total. The Labute approximate surface area is 124 Å². The highest BCUT2D eigenvalue weighted by atomic mass is 32.1. The molecule has 2 aromatic rings. The SMILES string of the molecule is Cc1nc([C@@H]2CN(C(=O)c3cncs3)CCO2)cc(=O)[nH]1. The lowest BCUT2D eigenvalue weighted by atomic mass is 10.2. The van der Waals surface area contributed by atoms with Crippen LogP contribution in [-0.4, -0.2) is 45.5 Å². The second-order valence-corrected chi connectivity index (χ2v) is 5.62. The fourth-order valence-corrected chi connectivity index (χ4v) is 2.84. The van der Waals surface area contributed by atoms with E-state index >= 15 is 0 Å². The Bertz CT molecular complexity index is 698. The minimum atomic E-state index is -0.378. The van der Waals surface area contributed by atoms with Gasteiger partial charge in [0.05, 0.1) is 30.6 Å². The summed E-state index contributed by atoms with van der Waals surface area (Å²) in [6, 6.07) is 1.42. The third-order valence-electron chi connectivity index (χ3n) is 3.21. The predicted octanol–water partition coefficient (Wildman–Crippen LogP) is 0.749. The molecule has 2 aromatic heterocycles. The van der Waals surface area contributed by atoms with Crippen LogP contribution in [0.5, 0.6) is 0 Å². The van der Waals surface area contributed by atoms with Gasteiger partial charge in [-0.3, -0.25) is 14.6 Å². The molecule has 3 heterocycles. The number of hydrogen-bond acceptors (Lipinski definition) is 6. The first-order valence-corrected chi connectivity index (χ1v) is 7.38. The van der Waals surface area contributed by atoms with Crippen LogP contribution in [0, 0.1) is 6.92 Å². The van der Waals surface area contributed by atoms with E-state index in [4.69, 9.17) is 4.74 Å². The summed E-state index contributed by atoms with van der Waals surface area (Å²) in [6.45, 7) is 3.04. The molecule has 1 saturated heterocycles.